The molecule has 2 N–H and O–H groups in total. The van der Waals surface area contributed by atoms with Crippen molar-refractivity contribution in [1.82, 2.24) is 10.2 Å². The maximum Gasteiger partial charge on any atom is 0.251 e. The van der Waals surface area contributed by atoms with Crippen molar-refractivity contribution < 1.29 is 22.8 Å². The Morgan fingerprint density at radius 2 is 1.77 bits per heavy atom. The number of nitrogens with zero attached hydrogens (tertiary/aromatic N) is 1. The zero-order chi connectivity index (χ0) is 21.5. The van der Waals surface area contributed by atoms with Crippen LogP contribution in [0.1, 0.15) is 21.7 Å². The smallest absolute Gasteiger partial charge is 0.251 e. The lowest BCUT2D eigenvalue weighted by atomic mass is 10.1. The number of hydrogen-bond donors (Lipinski definition) is 2. The second-order valence-electron chi connectivity index (χ2n) is 6.68. The number of furan rings is 1. The summed E-state index contributed by atoms with van der Waals surface area (Å²) in [6, 6.07) is 13.8. The van der Waals surface area contributed by atoms with E-state index in [0.717, 1.165) is 17.7 Å². The van der Waals surface area contributed by atoms with Crippen molar-refractivity contribution in [2.45, 2.75) is 13.1 Å². The second-order valence-corrected chi connectivity index (χ2v) is 6.68. The topological polar surface area (TPSA) is 74.6 Å². The first-order valence-corrected chi connectivity index (χ1v) is 9.25. The van der Waals surface area contributed by atoms with Gasteiger partial charge >= 0.3 is 0 Å². The summed E-state index contributed by atoms with van der Waals surface area (Å²) in [4.78, 5) is 26.0. The standard InChI is InChI=1S/C22H21F2N3O3/c1-25-22(29)16-6-4-15(5-7-16)12-27(13-18-3-2-10-30-18)14-21(28)26-17-8-9-19(23)20(24)11-17/h2-11H,12-14H2,1H3,(H,25,29)(H,26,28). The molecule has 30 heavy (non-hydrogen) atoms. The molecular formula is C22H21F2N3O3. The predicted molar refractivity (Wildman–Crippen MR) is 108 cm³/mol. The van der Waals surface area contributed by atoms with Crippen molar-refractivity contribution in [3.8, 4) is 0 Å². The van der Waals surface area contributed by atoms with E-state index < -0.39 is 11.6 Å². The molecular weight excluding hydrogens is 392 g/mol. The van der Waals surface area contributed by atoms with Crippen LogP contribution in [0, 0.1) is 11.6 Å². The van der Waals surface area contributed by atoms with Crippen LogP contribution in [0.15, 0.2) is 65.3 Å². The minimum Gasteiger partial charge on any atom is -0.468 e. The molecule has 3 rings (SSSR count). The Labute approximate surface area is 172 Å². The molecule has 0 spiro atoms. The molecule has 0 saturated carbocycles. The summed E-state index contributed by atoms with van der Waals surface area (Å²) in [6.07, 6.45) is 1.55. The molecule has 8 heteroatoms. The first-order valence-electron chi connectivity index (χ1n) is 9.25. The number of amides is 2. The van der Waals surface area contributed by atoms with Crippen LogP contribution in [-0.4, -0.2) is 30.3 Å². The fourth-order valence-corrected chi connectivity index (χ4v) is 2.93. The quantitative estimate of drug-likeness (QED) is 0.592. The monoisotopic (exact) mass is 413 g/mol. The first kappa shape index (κ1) is 21.2. The molecule has 1 heterocycles. The molecule has 156 valence electrons. The molecule has 1 aromatic heterocycles. The highest BCUT2D eigenvalue weighted by atomic mass is 19.2. The van der Waals surface area contributed by atoms with Crippen molar-refractivity contribution in [1.29, 1.82) is 0 Å². The molecule has 0 aliphatic carbocycles. The number of carbonyl (C=O) groups excluding carboxylic acids is 2. The number of hydrogen-bond acceptors (Lipinski definition) is 4. The lowest BCUT2D eigenvalue weighted by molar-refractivity contribution is -0.117. The van der Waals surface area contributed by atoms with Crippen LogP contribution >= 0.6 is 0 Å². The van der Waals surface area contributed by atoms with Crippen LogP contribution in [0.25, 0.3) is 0 Å². The molecule has 3 aromatic rings. The number of rotatable bonds is 8. The summed E-state index contributed by atoms with van der Waals surface area (Å²) < 4.78 is 31.8. The van der Waals surface area contributed by atoms with E-state index in [0.29, 0.717) is 24.4 Å². The van der Waals surface area contributed by atoms with Gasteiger partial charge in [0.2, 0.25) is 5.91 Å². The lowest BCUT2D eigenvalue weighted by Gasteiger charge is -2.21. The molecule has 0 unspecified atom stereocenters. The van der Waals surface area contributed by atoms with Crippen molar-refractivity contribution in [3.05, 3.63) is 89.4 Å². The van der Waals surface area contributed by atoms with Crippen LogP contribution in [-0.2, 0) is 17.9 Å². The molecule has 2 amide bonds. The number of carbonyl (C=O) groups is 2. The Kier molecular flexibility index (Phi) is 6.92. The number of anilines is 1. The van der Waals surface area contributed by atoms with Gasteiger partial charge in [-0.1, -0.05) is 12.1 Å². The van der Waals surface area contributed by atoms with Crippen LogP contribution in [0.5, 0.6) is 0 Å². The van der Waals surface area contributed by atoms with E-state index in [2.05, 4.69) is 10.6 Å². The molecule has 0 aliphatic rings. The van der Waals surface area contributed by atoms with Crippen molar-refractivity contribution >= 4 is 17.5 Å². The van der Waals surface area contributed by atoms with E-state index in [1.165, 1.54) is 6.07 Å². The van der Waals surface area contributed by atoms with Gasteiger partial charge in [-0.3, -0.25) is 14.5 Å². The van der Waals surface area contributed by atoms with Gasteiger partial charge in [0.05, 0.1) is 19.4 Å². The summed E-state index contributed by atoms with van der Waals surface area (Å²) in [7, 11) is 1.56. The number of benzene rings is 2. The maximum absolute atomic E-state index is 13.4. The van der Waals surface area contributed by atoms with E-state index >= 15 is 0 Å². The van der Waals surface area contributed by atoms with Gasteiger partial charge in [0.15, 0.2) is 11.6 Å². The Morgan fingerprint density at radius 3 is 2.40 bits per heavy atom. The Morgan fingerprint density at radius 1 is 1.00 bits per heavy atom. The Hall–Kier alpha value is -3.52. The summed E-state index contributed by atoms with van der Waals surface area (Å²) in [6.45, 7) is 0.784. The highest BCUT2D eigenvalue weighted by molar-refractivity contribution is 5.94. The van der Waals surface area contributed by atoms with Gasteiger partial charge in [0, 0.05) is 30.9 Å². The van der Waals surface area contributed by atoms with Crippen molar-refractivity contribution in [3.63, 3.8) is 0 Å². The van der Waals surface area contributed by atoms with Gasteiger partial charge in [-0.2, -0.15) is 0 Å². The zero-order valence-electron chi connectivity index (χ0n) is 16.3. The molecule has 0 atom stereocenters. The highest BCUT2D eigenvalue weighted by Gasteiger charge is 2.15. The van der Waals surface area contributed by atoms with Crippen LogP contribution in [0.3, 0.4) is 0 Å². The van der Waals surface area contributed by atoms with Gasteiger partial charge in [0.1, 0.15) is 5.76 Å². The first-order chi connectivity index (χ1) is 14.4. The lowest BCUT2D eigenvalue weighted by Crippen LogP contribution is -2.32. The average molecular weight is 413 g/mol. The van der Waals surface area contributed by atoms with Gasteiger partial charge < -0.3 is 15.1 Å². The largest absolute Gasteiger partial charge is 0.468 e. The van der Waals surface area contributed by atoms with E-state index in [1.807, 2.05) is 17.0 Å². The van der Waals surface area contributed by atoms with E-state index in [9.17, 15) is 18.4 Å². The fraction of sp³-hybridized carbons (Fsp3) is 0.182. The summed E-state index contributed by atoms with van der Waals surface area (Å²) in [5.74, 6) is -1.89. The van der Waals surface area contributed by atoms with Crippen LogP contribution in [0.2, 0.25) is 0 Å². The van der Waals surface area contributed by atoms with Gasteiger partial charge in [-0.05, 0) is 42.0 Å². The minimum absolute atomic E-state index is 0.00308. The molecule has 0 aliphatic heterocycles. The predicted octanol–water partition coefficient (Wildman–Crippen LogP) is 3.56. The molecule has 2 aromatic carbocycles. The number of nitrogens with one attached hydrogen (secondary N) is 2. The van der Waals surface area contributed by atoms with Gasteiger partial charge in [0.25, 0.3) is 5.91 Å². The van der Waals surface area contributed by atoms with Gasteiger partial charge in [-0.15, -0.1) is 0 Å². The zero-order valence-corrected chi connectivity index (χ0v) is 16.3. The molecule has 6 nitrogen and oxygen atoms in total. The fourth-order valence-electron chi connectivity index (χ4n) is 2.93. The number of halogens is 2. The van der Waals surface area contributed by atoms with Gasteiger partial charge in [-0.25, -0.2) is 8.78 Å². The Bertz CT molecular complexity index is 1000. The minimum atomic E-state index is -1.03. The van der Waals surface area contributed by atoms with E-state index in [-0.39, 0.29) is 24.0 Å². The molecule has 0 saturated heterocycles. The molecule has 0 fully saturated rings. The van der Waals surface area contributed by atoms with E-state index in [4.69, 9.17) is 4.42 Å². The molecule has 0 radical (unpaired) electrons. The summed E-state index contributed by atoms with van der Waals surface area (Å²) >= 11 is 0. The third-order valence-corrected chi connectivity index (χ3v) is 4.38. The van der Waals surface area contributed by atoms with Crippen molar-refractivity contribution in [2.24, 2.45) is 0 Å². The summed E-state index contributed by atoms with van der Waals surface area (Å²) in [5, 5.41) is 5.13. The summed E-state index contributed by atoms with van der Waals surface area (Å²) in [5.41, 5.74) is 1.61. The van der Waals surface area contributed by atoms with Crippen molar-refractivity contribution in [2.75, 3.05) is 18.9 Å². The van der Waals surface area contributed by atoms with E-state index in [1.54, 1.807) is 37.6 Å². The maximum atomic E-state index is 13.4. The van der Waals surface area contributed by atoms with Crippen LogP contribution in [0.4, 0.5) is 14.5 Å². The third-order valence-electron chi connectivity index (χ3n) is 4.38. The highest BCUT2D eigenvalue weighted by Crippen LogP contribution is 2.15. The SMILES string of the molecule is CNC(=O)c1ccc(CN(CC(=O)Nc2ccc(F)c(F)c2)Cc2ccco2)cc1. The normalized spacial score (nSPS) is 10.8. The Balaban J connectivity index is 1.69. The average Bonchev–Trinajstić information content (AvgIpc) is 3.23. The molecule has 0 bridgehead atoms. The van der Waals surface area contributed by atoms with Crippen LogP contribution < -0.4 is 10.6 Å². The third kappa shape index (κ3) is 5.74. The second kappa shape index (κ2) is 9.80.